The van der Waals surface area contributed by atoms with E-state index >= 15 is 0 Å². The summed E-state index contributed by atoms with van der Waals surface area (Å²) in [5, 5.41) is 11.9. The smallest absolute Gasteiger partial charge is 0.150 e. The van der Waals surface area contributed by atoms with Crippen molar-refractivity contribution in [2.24, 2.45) is 0 Å². The summed E-state index contributed by atoms with van der Waals surface area (Å²) in [5.74, 6) is -0.0570. The second-order valence-corrected chi connectivity index (χ2v) is 5.30. The summed E-state index contributed by atoms with van der Waals surface area (Å²) in [4.78, 5) is 0. The number of hydrogen-bond donors (Lipinski definition) is 1. The van der Waals surface area contributed by atoms with Crippen molar-refractivity contribution in [3.8, 4) is 0 Å². The average molecular weight is 284 g/mol. The lowest BCUT2D eigenvalue weighted by atomic mass is 9.88. The molecule has 1 N–H and O–H groups in total. The molecule has 3 aromatic rings. The van der Waals surface area contributed by atoms with E-state index in [-0.39, 0.29) is 5.56 Å². The molecule has 0 fully saturated rings. The van der Waals surface area contributed by atoms with Gasteiger partial charge in [-0.25, -0.2) is 4.39 Å². The Labute approximate surface area is 122 Å². The zero-order chi connectivity index (χ0) is 15.0. The summed E-state index contributed by atoms with van der Waals surface area (Å²) < 4.78 is 19.9. The predicted molar refractivity (Wildman–Crippen MR) is 80.6 cm³/mol. The van der Waals surface area contributed by atoms with Gasteiger partial charge in [-0.3, -0.25) is 0 Å². The van der Waals surface area contributed by atoms with Crippen molar-refractivity contribution in [1.29, 1.82) is 0 Å². The summed E-state index contributed by atoms with van der Waals surface area (Å²) in [6, 6.07) is 13.9. The minimum Gasteiger partial charge on any atom is -0.457 e. The van der Waals surface area contributed by atoms with Gasteiger partial charge in [0.2, 0.25) is 0 Å². The van der Waals surface area contributed by atoms with Gasteiger partial charge in [0.25, 0.3) is 0 Å². The predicted octanol–water partition coefficient (Wildman–Crippen LogP) is 4.53. The number of fused-ring (bicyclic) bond motifs is 1. The minimum absolute atomic E-state index is 0.240. The molecule has 0 spiro atoms. The molecule has 3 rings (SSSR count). The molecule has 2 nitrogen and oxygen atoms in total. The van der Waals surface area contributed by atoms with Gasteiger partial charge < -0.3 is 9.52 Å². The Bertz CT molecular complexity index is 791. The molecule has 21 heavy (non-hydrogen) atoms. The van der Waals surface area contributed by atoms with E-state index in [1.54, 1.807) is 24.3 Å². The van der Waals surface area contributed by atoms with E-state index in [4.69, 9.17) is 4.42 Å². The van der Waals surface area contributed by atoms with Crippen molar-refractivity contribution in [2.75, 3.05) is 0 Å². The number of furan rings is 1. The Kier molecular flexibility index (Phi) is 3.30. The molecule has 1 unspecified atom stereocenters. The lowest BCUT2D eigenvalue weighted by molar-refractivity contribution is 0.0508. The fourth-order valence-electron chi connectivity index (χ4n) is 2.71. The van der Waals surface area contributed by atoms with Crippen LogP contribution < -0.4 is 0 Å². The van der Waals surface area contributed by atoms with Crippen LogP contribution in [0.5, 0.6) is 0 Å². The number of benzene rings is 2. The summed E-state index contributed by atoms with van der Waals surface area (Å²) in [5.41, 5.74) is 0.502. The van der Waals surface area contributed by atoms with Crippen molar-refractivity contribution in [2.45, 2.75) is 25.9 Å². The maximum absolute atomic E-state index is 14.1. The second kappa shape index (κ2) is 5.01. The first-order valence-electron chi connectivity index (χ1n) is 7.03. The third kappa shape index (κ3) is 2.14. The minimum atomic E-state index is -1.46. The molecule has 0 aliphatic heterocycles. The fraction of sp³-hybridized carbons (Fsp3) is 0.222. The van der Waals surface area contributed by atoms with Gasteiger partial charge in [0.15, 0.2) is 0 Å². The highest BCUT2D eigenvalue weighted by molar-refractivity contribution is 5.81. The van der Waals surface area contributed by atoms with E-state index in [0.29, 0.717) is 12.2 Å². The van der Waals surface area contributed by atoms with Gasteiger partial charge in [0.1, 0.15) is 22.8 Å². The van der Waals surface area contributed by atoms with E-state index < -0.39 is 11.4 Å². The molecule has 1 atom stereocenters. The SMILES string of the molecule is CCC(O)(c1cc2cccc(C)c2o1)c1ccccc1F. The molecule has 1 heterocycles. The Morgan fingerprint density at radius 3 is 2.57 bits per heavy atom. The Morgan fingerprint density at radius 2 is 1.90 bits per heavy atom. The molecule has 0 aliphatic carbocycles. The number of para-hydroxylation sites is 1. The van der Waals surface area contributed by atoms with Crippen LogP contribution >= 0.6 is 0 Å². The first kappa shape index (κ1) is 13.8. The molecule has 0 amide bonds. The molecule has 108 valence electrons. The fourth-order valence-corrected chi connectivity index (χ4v) is 2.71. The standard InChI is InChI=1S/C18H17FO2/c1-3-18(20,14-9-4-5-10-15(14)19)16-11-13-8-6-7-12(2)17(13)21-16/h4-11,20H,3H2,1-2H3. The van der Waals surface area contributed by atoms with E-state index in [9.17, 15) is 9.50 Å². The van der Waals surface area contributed by atoms with Crippen LogP contribution in [0.25, 0.3) is 11.0 Å². The summed E-state index contributed by atoms with van der Waals surface area (Å²) in [6.07, 6.45) is 0.326. The highest BCUT2D eigenvalue weighted by Crippen LogP contribution is 2.37. The van der Waals surface area contributed by atoms with Gasteiger partial charge in [-0.1, -0.05) is 43.3 Å². The average Bonchev–Trinajstić information content (AvgIpc) is 2.93. The van der Waals surface area contributed by atoms with Crippen LogP contribution in [0.3, 0.4) is 0 Å². The Hall–Kier alpha value is -2.13. The number of aliphatic hydroxyl groups is 1. The van der Waals surface area contributed by atoms with Crippen molar-refractivity contribution in [1.82, 2.24) is 0 Å². The van der Waals surface area contributed by atoms with Gasteiger partial charge in [-0.2, -0.15) is 0 Å². The van der Waals surface area contributed by atoms with Crippen LogP contribution in [-0.4, -0.2) is 5.11 Å². The van der Waals surface area contributed by atoms with Gasteiger partial charge in [-0.05, 0) is 31.0 Å². The summed E-state index contributed by atoms with van der Waals surface area (Å²) in [6.45, 7) is 3.76. The first-order valence-corrected chi connectivity index (χ1v) is 7.03. The lowest BCUT2D eigenvalue weighted by Gasteiger charge is -2.25. The van der Waals surface area contributed by atoms with E-state index in [2.05, 4.69) is 0 Å². The molecule has 0 saturated carbocycles. The highest BCUT2D eigenvalue weighted by atomic mass is 19.1. The quantitative estimate of drug-likeness (QED) is 0.766. The Balaban J connectivity index is 2.22. The molecule has 0 aliphatic rings. The molecule has 0 bridgehead atoms. The summed E-state index contributed by atoms with van der Waals surface area (Å²) >= 11 is 0. The van der Waals surface area contributed by atoms with Gasteiger partial charge in [-0.15, -0.1) is 0 Å². The second-order valence-electron chi connectivity index (χ2n) is 5.30. The van der Waals surface area contributed by atoms with Crippen LogP contribution in [0.15, 0.2) is 52.9 Å². The van der Waals surface area contributed by atoms with Crippen LogP contribution in [-0.2, 0) is 5.60 Å². The molecule has 0 radical (unpaired) electrons. The largest absolute Gasteiger partial charge is 0.457 e. The zero-order valence-electron chi connectivity index (χ0n) is 12.1. The maximum Gasteiger partial charge on any atom is 0.150 e. The van der Waals surface area contributed by atoms with Crippen LogP contribution in [0, 0.1) is 12.7 Å². The Morgan fingerprint density at radius 1 is 1.14 bits per heavy atom. The molecule has 2 aromatic carbocycles. The molecular weight excluding hydrogens is 267 g/mol. The van der Waals surface area contributed by atoms with Crippen LogP contribution in [0.2, 0.25) is 0 Å². The summed E-state index contributed by atoms with van der Waals surface area (Å²) in [7, 11) is 0. The first-order chi connectivity index (χ1) is 10.1. The number of rotatable bonds is 3. The third-order valence-corrected chi connectivity index (χ3v) is 3.98. The van der Waals surface area contributed by atoms with Crippen LogP contribution in [0.1, 0.15) is 30.2 Å². The molecular formula is C18H17FO2. The van der Waals surface area contributed by atoms with Crippen molar-refractivity contribution in [3.63, 3.8) is 0 Å². The normalized spacial score (nSPS) is 14.3. The number of aryl methyl sites for hydroxylation is 1. The van der Waals surface area contributed by atoms with E-state index in [0.717, 1.165) is 16.5 Å². The van der Waals surface area contributed by atoms with Crippen molar-refractivity contribution < 1.29 is 13.9 Å². The third-order valence-electron chi connectivity index (χ3n) is 3.98. The van der Waals surface area contributed by atoms with Gasteiger partial charge >= 0.3 is 0 Å². The molecule has 3 heteroatoms. The van der Waals surface area contributed by atoms with Crippen molar-refractivity contribution in [3.05, 3.63) is 71.2 Å². The topological polar surface area (TPSA) is 33.4 Å². The number of halogens is 1. The lowest BCUT2D eigenvalue weighted by Crippen LogP contribution is -2.27. The molecule has 0 saturated heterocycles. The number of hydrogen-bond acceptors (Lipinski definition) is 2. The monoisotopic (exact) mass is 284 g/mol. The highest BCUT2D eigenvalue weighted by Gasteiger charge is 2.35. The zero-order valence-corrected chi connectivity index (χ0v) is 12.1. The van der Waals surface area contributed by atoms with Gasteiger partial charge in [0, 0.05) is 10.9 Å². The van der Waals surface area contributed by atoms with E-state index in [1.807, 2.05) is 32.0 Å². The maximum atomic E-state index is 14.1. The van der Waals surface area contributed by atoms with Gasteiger partial charge in [0.05, 0.1) is 0 Å². The van der Waals surface area contributed by atoms with E-state index in [1.165, 1.54) is 6.07 Å². The molecule has 1 aromatic heterocycles. The van der Waals surface area contributed by atoms with Crippen molar-refractivity contribution >= 4 is 11.0 Å². The van der Waals surface area contributed by atoms with Crippen LogP contribution in [0.4, 0.5) is 4.39 Å².